The van der Waals surface area contributed by atoms with E-state index in [4.69, 9.17) is 0 Å². The van der Waals surface area contributed by atoms with E-state index in [1.54, 1.807) is 0 Å². The molecule has 1 aromatic carbocycles. The summed E-state index contributed by atoms with van der Waals surface area (Å²) in [5.74, 6) is 0.478. The molecule has 0 saturated heterocycles. The van der Waals surface area contributed by atoms with Crippen molar-refractivity contribution in [3.8, 4) is 0 Å². The zero-order chi connectivity index (χ0) is 30.0. The van der Waals surface area contributed by atoms with Gasteiger partial charge in [0.1, 0.15) is 6.29 Å². The van der Waals surface area contributed by atoms with Crippen LogP contribution in [0.1, 0.15) is 130 Å². The molecule has 0 atom stereocenters. The van der Waals surface area contributed by atoms with Crippen molar-refractivity contribution in [1.29, 1.82) is 0 Å². The highest BCUT2D eigenvalue weighted by Gasteiger charge is 2.03. The number of carbonyl (C=O) groups excluding carboxylic acids is 4. The van der Waals surface area contributed by atoms with Crippen molar-refractivity contribution in [2.45, 2.75) is 125 Å². The molecule has 0 amide bonds. The van der Waals surface area contributed by atoms with Crippen molar-refractivity contribution in [1.82, 2.24) is 0 Å². The number of aldehydes is 1. The Hall–Kier alpha value is -2.21. The van der Waals surface area contributed by atoms with Crippen LogP contribution in [0.4, 0.5) is 0 Å². The highest BCUT2D eigenvalue weighted by molar-refractivity contribution is 7.80. The Bertz CT molecular complexity index is 710. The Labute approximate surface area is 245 Å². The lowest BCUT2D eigenvalue weighted by Gasteiger charge is -1.99. The second-order valence-corrected chi connectivity index (χ2v) is 9.69. The Morgan fingerprint density at radius 1 is 0.744 bits per heavy atom. The van der Waals surface area contributed by atoms with Gasteiger partial charge in [-0.15, -0.1) is 0 Å². The summed E-state index contributed by atoms with van der Waals surface area (Å²) in [6.07, 6.45) is 18.8. The number of hydrogen-bond donors (Lipinski definition) is 1. The second kappa shape index (κ2) is 35.8. The summed E-state index contributed by atoms with van der Waals surface area (Å²) in [4.78, 5) is 40.9. The molecule has 6 heteroatoms. The van der Waals surface area contributed by atoms with Crippen molar-refractivity contribution in [2.75, 3.05) is 12.4 Å². The average molecular weight is 565 g/mol. The van der Waals surface area contributed by atoms with Crippen LogP contribution in [0.2, 0.25) is 0 Å². The zero-order valence-corrected chi connectivity index (χ0v) is 26.3. The largest absolute Gasteiger partial charge is 0.468 e. The fourth-order valence-electron chi connectivity index (χ4n) is 3.08. The summed E-state index contributed by atoms with van der Waals surface area (Å²) in [6, 6.07) is 9.99. The monoisotopic (exact) mass is 564 g/mol. The maximum Gasteiger partial charge on any atom is 0.293 e. The number of ether oxygens (including phenoxy) is 1. The quantitative estimate of drug-likeness (QED) is 0.0596. The number of Topliss-reactive ketones (excluding diaryl/α,β-unsaturated/α-hetero) is 2. The summed E-state index contributed by atoms with van der Waals surface area (Å²) >= 11 is 4.15. The van der Waals surface area contributed by atoms with Crippen LogP contribution >= 0.6 is 12.6 Å². The van der Waals surface area contributed by atoms with Gasteiger partial charge < -0.3 is 4.74 Å². The molecule has 1 rings (SSSR count). The van der Waals surface area contributed by atoms with Crippen LogP contribution in [0.25, 0.3) is 6.08 Å². The molecule has 0 radical (unpaired) electrons. The van der Waals surface area contributed by atoms with Crippen LogP contribution in [0, 0.1) is 0 Å². The minimum Gasteiger partial charge on any atom is -0.468 e. The maximum absolute atomic E-state index is 10.8. The van der Waals surface area contributed by atoms with Crippen LogP contribution in [0.3, 0.4) is 0 Å². The maximum atomic E-state index is 10.8. The summed E-state index contributed by atoms with van der Waals surface area (Å²) in [5, 5.41) is 0. The van der Waals surface area contributed by atoms with Gasteiger partial charge in [-0.3, -0.25) is 19.2 Å². The molecule has 0 aromatic heterocycles. The number of hydrogen-bond acceptors (Lipinski definition) is 6. The van der Waals surface area contributed by atoms with Crippen molar-refractivity contribution in [3.05, 3.63) is 41.5 Å². The summed E-state index contributed by atoms with van der Waals surface area (Å²) in [6.45, 7) is 10.7. The van der Waals surface area contributed by atoms with Crippen LogP contribution in [0.5, 0.6) is 0 Å². The minimum absolute atomic E-state index is 0.257. The zero-order valence-electron chi connectivity index (χ0n) is 25.4. The summed E-state index contributed by atoms with van der Waals surface area (Å²) < 4.78 is 4.39. The van der Waals surface area contributed by atoms with E-state index in [0.29, 0.717) is 19.5 Å². The lowest BCUT2D eigenvalue weighted by Crippen LogP contribution is -2.07. The van der Waals surface area contributed by atoms with Gasteiger partial charge in [-0.25, -0.2) is 0 Å². The van der Waals surface area contributed by atoms with Crippen molar-refractivity contribution in [3.63, 3.8) is 0 Å². The molecule has 224 valence electrons. The standard InChI is InChI=1S/C14H18O.C8H18S.C6H10O2.C5H10O2/c1-2-3-5-10-14(12-15)11-13-8-6-4-7-9-13;1-2-3-4-5-6-7-8-9;1-3-4-6(8)5(2)7;1-2-3-4-7-5-6/h4,6-9,11-12H,2-3,5,10H2,1H3;9H,2-8H2,1H3;3-4H2,1-2H3;5H,2-4H2,1H3. The molecule has 0 fully saturated rings. The third-order valence-electron chi connectivity index (χ3n) is 5.44. The first kappa shape index (κ1) is 41.3. The van der Waals surface area contributed by atoms with E-state index in [1.165, 1.54) is 58.3 Å². The van der Waals surface area contributed by atoms with E-state index >= 15 is 0 Å². The SMILES string of the molecule is CCCC(=O)C(C)=O.CCCCCC(C=O)=Cc1ccccc1.CCCCCCCCS.CCCCOC=O. The molecule has 5 nitrogen and oxygen atoms in total. The fraction of sp³-hybridized carbons (Fsp3) is 0.636. The predicted octanol–water partition coefficient (Wildman–Crippen LogP) is 9.03. The van der Waals surface area contributed by atoms with Crippen LogP contribution < -0.4 is 0 Å². The van der Waals surface area contributed by atoms with Crippen molar-refractivity contribution >= 4 is 43.0 Å². The van der Waals surface area contributed by atoms with E-state index in [9.17, 15) is 19.2 Å². The lowest BCUT2D eigenvalue weighted by atomic mass is 10.1. The van der Waals surface area contributed by atoms with Gasteiger partial charge in [-0.2, -0.15) is 12.6 Å². The molecule has 0 unspecified atom stereocenters. The first-order chi connectivity index (χ1) is 18.9. The number of unbranched alkanes of at least 4 members (excludes halogenated alkanes) is 8. The summed E-state index contributed by atoms with van der Waals surface area (Å²) in [7, 11) is 0. The first-order valence-corrected chi connectivity index (χ1v) is 15.4. The lowest BCUT2D eigenvalue weighted by molar-refractivity contribution is -0.135. The number of allylic oxidation sites excluding steroid dienone is 1. The van der Waals surface area contributed by atoms with Gasteiger partial charge in [0.15, 0.2) is 11.6 Å². The van der Waals surface area contributed by atoms with Gasteiger partial charge in [-0.05, 0) is 55.1 Å². The topological polar surface area (TPSA) is 77.5 Å². The molecular weight excluding hydrogens is 508 g/mol. The molecule has 39 heavy (non-hydrogen) atoms. The highest BCUT2D eigenvalue weighted by Crippen LogP contribution is 2.11. The van der Waals surface area contributed by atoms with Gasteiger partial charge in [0.25, 0.3) is 6.47 Å². The molecule has 0 bridgehead atoms. The molecule has 0 saturated carbocycles. The smallest absolute Gasteiger partial charge is 0.293 e. The van der Waals surface area contributed by atoms with Gasteiger partial charge in [-0.1, -0.05) is 109 Å². The van der Waals surface area contributed by atoms with Crippen LogP contribution in [-0.4, -0.2) is 36.7 Å². The van der Waals surface area contributed by atoms with Gasteiger partial charge in [0, 0.05) is 13.3 Å². The molecule has 0 aliphatic carbocycles. The average Bonchev–Trinajstić information content (AvgIpc) is 2.94. The molecule has 1 aromatic rings. The first-order valence-electron chi connectivity index (χ1n) is 14.8. The Morgan fingerprint density at radius 3 is 1.77 bits per heavy atom. The van der Waals surface area contributed by atoms with E-state index in [2.05, 4.69) is 31.2 Å². The third kappa shape index (κ3) is 35.8. The molecule has 0 aliphatic heterocycles. The minimum atomic E-state index is -0.327. The Morgan fingerprint density at radius 2 is 1.31 bits per heavy atom. The Balaban J connectivity index is -0.000000470. The number of thiol groups is 1. The van der Waals surface area contributed by atoms with Gasteiger partial charge >= 0.3 is 0 Å². The molecule has 0 N–H and O–H groups in total. The van der Waals surface area contributed by atoms with Crippen molar-refractivity contribution < 1.29 is 23.9 Å². The van der Waals surface area contributed by atoms with Crippen molar-refractivity contribution in [2.24, 2.45) is 0 Å². The summed E-state index contributed by atoms with van der Waals surface area (Å²) in [5.41, 5.74) is 2.01. The molecule has 0 spiro atoms. The van der Waals surface area contributed by atoms with E-state index in [1.807, 2.05) is 50.3 Å². The number of ketones is 2. The molecule has 0 heterocycles. The molecule has 0 aliphatic rings. The number of carbonyl (C=O) groups is 4. The van der Waals surface area contributed by atoms with E-state index in [0.717, 1.165) is 55.3 Å². The Kier molecular flexibility index (Phi) is 37.9. The third-order valence-corrected chi connectivity index (χ3v) is 5.75. The predicted molar refractivity (Wildman–Crippen MR) is 169 cm³/mol. The molecular formula is C33H56O5S. The van der Waals surface area contributed by atoms with Gasteiger partial charge in [0.05, 0.1) is 6.61 Å². The van der Waals surface area contributed by atoms with Gasteiger partial charge in [0.2, 0.25) is 0 Å². The van der Waals surface area contributed by atoms with Crippen LogP contribution in [-0.2, 0) is 23.9 Å². The number of rotatable bonds is 19. The normalized spacial score (nSPS) is 9.95. The highest BCUT2D eigenvalue weighted by atomic mass is 32.1. The van der Waals surface area contributed by atoms with E-state index < -0.39 is 0 Å². The van der Waals surface area contributed by atoms with E-state index in [-0.39, 0.29) is 11.6 Å². The van der Waals surface area contributed by atoms with Crippen LogP contribution in [0.15, 0.2) is 35.9 Å². The number of benzene rings is 1. The second-order valence-electron chi connectivity index (χ2n) is 9.25. The fourth-order valence-corrected chi connectivity index (χ4v) is 3.30.